The van der Waals surface area contributed by atoms with E-state index < -0.39 is 0 Å². The first-order valence-corrected chi connectivity index (χ1v) is 5.40. The van der Waals surface area contributed by atoms with Crippen LogP contribution in [0.1, 0.15) is 24.8 Å². The van der Waals surface area contributed by atoms with Gasteiger partial charge in [-0.05, 0) is 30.5 Å². The van der Waals surface area contributed by atoms with Gasteiger partial charge in [0.2, 0.25) is 0 Å². The van der Waals surface area contributed by atoms with Crippen LogP contribution >= 0.6 is 11.6 Å². The van der Waals surface area contributed by atoms with Gasteiger partial charge >= 0.3 is 0 Å². The van der Waals surface area contributed by atoms with Gasteiger partial charge in [0.1, 0.15) is 0 Å². The Labute approximate surface area is 95.4 Å². The minimum absolute atomic E-state index is 0.590. The summed E-state index contributed by atoms with van der Waals surface area (Å²) in [4.78, 5) is 0. The van der Waals surface area contributed by atoms with Crippen molar-refractivity contribution in [1.29, 1.82) is 5.26 Å². The Kier molecular flexibility index (Phi) is 5.84. The van der Waals surface area contributed by atoms with Gasteiger partial charge in [-0.1, -0.05) is 23.7 Å². The van der Waals surface area contributed by atoms with Crippen molar-refractivity contribution in [2.24, 2.45) is 0 Å². The molecule has 0 fully saturated rings. The fourth-order valence-corrected chi connectivity index (χ4v) is 1.44. The zero-order chi connectivity index (χ0) is 10.9. The summed E-state index contributed by atoms with van der Waals surface area (Å²) in [5.41, 5.74) is 1.09. The van der Waals surface area contributed by atoms with Crippen LogP contribution in [0.2, 0.25) is 5.02 Å². The SMILES string of the molecule is N#CCCCCOCc1cccc(Cl)c1. The molecule has 0 aliphatic heterocycles. The van der Waals surface area contributed by atoms with E-state index in [1.807, 2.05) is 24.3 Å². The van der Waals surface area contributed by atoms with E-state index in [1.165, 1.54) is 0 Å². The van der Waals surface area contributed by atoms with Crippen LogP contribution in [-0.4, -0.2) is 6.61 Å². The Morgan fingerprint density at radius 1 is 1.33 bits per heavy atom. The summed E-state index contributed by atoms with van der Waals surface area (Å²) in [6, 6.07) is 9.76. The molecule has 0 radical (unpaired) electrons. The average Bonchev–Trinajstić information content (AvgIpc) is 2.23. The fraction of sp³-hybridized carbons (Fsp3) is 0.417. The lowest BCUT2D eigenvalue weighted by Crippen LogP contribution is -1.95. The first-order valence-electron chi connectivity index (χ1n) is 5.02. The summed E-state index contributed by atoms with van der Waals surface area (Å²) in [6.07, 6.45) is 2.46. The van der Waals surface area contributed by atoms with Gasteiger partial charge in [0, 0.05) is 18.1 Å². The van der Waals surface area contributed by atoms with Crippen molar-refractivity contribution >= 4 is 11.6 Å². The molecule has 0 unspecified atom stereocenters. The quantitative estimate of drug-likeness (QED) is 0.691. The second kappa shape index (κ2) is 7.28. The summed E-state index contributed by atoms with van der Waals surface area (Å²) >= 11 is 5.83. The van der Waals surface area contributed by atoms with Gasteiger partial charge in [0.15, 0.2) is 0 Å². The van der Waals surface area contributed by atoms with E-state index in [0.717, 1.165) is 23.4 Å². The van der Waals surface area contributed by atoms with Crippen LogP contribution in [0.5, 0.6) is 0 Å². The lowest BCUT2D eigenvalue weighted by molar-refractivity contribution is 0.117. The maximum Gasteiger partial charge on any atom is 0.0717 e. The van der Waals surface area contributed by atoms with Gasteiger partial charge in [-0.15, -0.1) is 0 Å². The number of unbranched alkanes of at least 4 members (excludes halogenated alkanes) is 2. The summed E-state index contributed by atoms with van der Waals surface area (Å²) < 4.78 is 5.45. The zero-order valence-corrected chi connectivity index (χ0v) is 9.33. The number of nitrogens with zero attached hydrogens (tertiary/aromatic N) is 1. The van der Waals surface area contributed by atoms with Crippen molar-refractivity contribution in [3.63, 3.8) is 0 Å². The lowest BCUT2D eigenvalue weighted by Gasteiger charge is -2.03. The van der Waals surface area contributed by atoms with Crippen molar-refractivity contribution < 1.29 is 4.74 Å². The number of rotatable bonds is 6. The second-order valence-corrected chi connectivity index (χ2v) is 3.73. The van der Waals surface area contributed by atoms with Crippen LogP contribution < -0.4 is 0 Å². The molecule has 1 aromatic rings. The monoisotopic (exact) mass is 223 g/mol. The van der Waals surface area contributed by atoms with E-state index in [2.05, 4.69) is 6.07 Å². The average molecular weight is 224 g/mol. The van der Waals surface area contributed by atoms with Crippen LogP contribution in [0.25, 0.3) is 0 Å². The Hall–Kier alpha value is -1.04. The molecule has 15 heavy (non-hydrogen) atoms. The number of halogens is 1. The molecule has 1 rings (SSSR count). The fourth-order valence-electron chi connectivity index (χ4n) is 1.22. The first-order chi connectivity index (χ1) is 7.33. The van der Waals surface area contributed by atoms with E-state index in [-0.39, 0.29) is 0 Å². The highest BCUT2D eigenvalue weighted by molar-refractivity contribution is 6.30. The molecule has 0 saturated carbocycles. The number of benzene rings is 1. The molecule has 0 aromatic heterocycles. The topological polar surface area (TPSA) is 33.0 Å². The van der Waals surface area contributed by atoms with Gasteiger partial charge in [-0.2, -0.15) is 5.26 Å². The van der Waals surface area contributed by atoms with E-state index in [9.17, 15) is 0 Å². The van der Waals surface area contributed by atoms with Crippen LogP contribution in [0.15, 0.2) is 24.3 Å². The molecule has 0 aliphatic carbocycles. The van der Waals surface area contributed by atoms with Crippen LogP contribution in [0.3, 0.4) is 0 Å². The van der Waals surface area contributed by atoms with Crippen molar-refractivity contribution in [1.82, 2.24) is 0 Å². The third kappa shape index (κ3) is 5.41. The van der Waals surface area contributed by atoms with Crippen molar-refractivity contribution in [3.05, 3.63) is 34.9 Å². The third-order valence-corrected chi connectivity index (χ3v) is 2.22. The van der Waals surface area contributed by atoms with E-state index >= 15 is 0 Å². The van der Waals surface area contributed by atoms with Gasteiger partial charge in [-0.3, -0.25) is 0 Å². The normalized spacial score (nSPS) is 9.87. The summed E-state index contributed by atoms with van der Waals surface area (Å²) in [5.74, 6) is 0. The molecular weight excluding hydrogens is 210 g/mol. The van der Waals surface area contributed by atoms with Gasteiger partial charge in [-0.25, -0.2) is 0 Å². The molecule has 0 spiro atoms. The van der Waals surface area contributed by atoms with Crippen molar-refractivity contribution in [3.8, 4) is 6.07 Å². The smallest absolute Gasteiger partial charge is 0.0717 e. The molecule has 0 heterocycles. The van der Waals surface area contributed by atoms with E-state index in [4.69, 9.17) is 21.6 Å². The zero-order valence-electron chi connectivity index (χ0n) is 8.58. The number of hydrogen-bond acceptors (Lipinski definition) is 2. The second-order valence-electron chi connectivity index (χ2n) is 3.30. The number of ether oxygens (including phenoxy) is 1. The van der Waals surface area contributed by atoms with Gasteiger partial charge in [0.05, 0.1) is 12.7 Å². The Balaban J connectivity index is 2.13. The largest absolute Gasteiger partial charge is 0.377 e. The molecule has 0 atom stereocenters. The molecule has 0 aliphatic rings. The maximum absolute atomic E-state index is 8.33. The molecular formula is C12H14ClNO. The molecule has 80 valence electrons. The molecule has 0 bridgehead atoms. The standard InChI is InChI=1S/C12H14ClNO/c13-12-6-4-5-11(9-12)10-15-8-3-1-2-7-14/h4-6,9H,1-3,8,10H2. The molecule has 3 heteroatoms. The minimum Gasteiger partial charge on any atom is -0.377 e. The Morgan fingerprint density at radius 3 is 2.93 bits per heavy atom. The predicted molar refractivity (Wildman–Crippen MR) is 60.6 cm³/mol. The lowest BCUT2D eigenvalue weighted by atomic mass is 10.2. The van der Waals surface area contributed by atoms with Crippen molar-refractivity contribution in [2.75, 3.05) is 6.61 Å². The van der Waals surface area contributed by atoms with Crippen molar-refractivity contribution in [2.45, 2.75) is 25.9 Å². The Morgan fingerprint density at radius 2 is 2.20 bits per heavy atom. The summed E-state index contributed by atoms with van der Waals surface area (Å²) in [7, 11) is 0. The van der Waals surface area contributed by atoms with Gasteiger partial charge < -0.3 is 4.74 Å². The van der Waals surface area contributed by atoms with E-state index in [1.54, 1.807) is 0 Å². The maximum atomic E-state index is 8.33. The summed E-state index contributed by atoms with van der Waals surface area (Å²) in [5, 5.41) is 9.06. The van der Waals surface area contributed by atoms with Crippen LogP contribution in [-0.2, 0) is 11.3 Å². The van der Waals surface area contributed by atoms with Crippen LogP contribution in [0, 0.1) is 11.3 Å². The van der Waals surface area contributed by atoms with Gasteiger partial charge in [0.25, 0.3) is 0 Å². The molecule has 1 aromatic carbocycles. The molecule has 0 amide bonds. The Bertz CT molecular complexity index is 333. The third-order valence-electron chi connectivity index (χ3n) is 1.99. The minimum atomic E-state index is 0.590. The number of nitriles is 1. The molecule has 0 N–H and O–H groups in total. The predicted octanol–water partition coefficient (Wildman–Crippen LogP) is 3.55. The molecule has 2 nitrogen and oxygen atoms in total. The first kappa shape index (κ1) is 12.0. The highest BCUT2D eigenvalue weighted by atomic mass is 35.5. The highest BCUT2D eigenvalue weighted by Gasteiger charge is 1.94. The van der Waals surface area contributed by atoms with Crippen LogP contribution in [0.4, 0.5) is 0 Å². The summed E-state index contributed by atoms with van der Waals surface area (Å²) in [6.45, 7) is 1.29. The number of hydrogen-bond donors (Lipinski definition) is 0. The molecule has 0 saturated heterocycles. The highest BCUT2D eigenvalue weighted by Crippen LogP contribution is 2.11. The van der Waals surface area contributed by atoms with E-state index in [0.29, 0.717) is 19.6 Å².